The molecule has 1 aromatic heterocycles. The van der Waals surface area contributed by atoms with Crippen molar-refractivity contribution in [2.24, 2.45) is 0 Å². The van der Waals surface area contributed by atoms with Crippen LogP contribution < -0.4 is 5.32 Å². The Morgan fingerprint density at radius 3 is 2.72 bits per heavy atom. The maximum atomic E-state index is 12.8. The highest BCUT2D eigenvalue weighted by molar-refractivity contribution is 8.00. The van der Waals surface area contributed by atoms with Gasteiger partial charge >= 0.3 is 0 Å². The predicted octanol–water partition coefficient (Wildman–Crippen LogP) is 4.16. The van der Waals surface area contributed by atoms with Crippen LogP contribution in [0.15, 0.2) is 46.7 Å². The first kappa shape index (κ1) is 13.6. The fourth-order valence-corrected chi connectivity index (χ4v) is 3.23. The van der Waals surface area contributed by atoms with Gasteiger partial charge in [-0.1, -0.05) is 13.0 Å². The maximum absolute atomic E-state index is 12.8. The molecule has 1 atom stereocenters. The molecule has 0 saturated carbocycles. The molecule has 2 rings (SSSR count). The lowest BCUT2D eigenvalue weighted by Crippen LogP contribution is -2.21. The minimum Gasteiger partial charge on any atom is -0.311 e. The Hall–Kier alpha value is -0.840. The molecule has 0 radical (unpaired) electrons. The van der Waals surface area contributed by atoms with Gasteiger partial charge in [-0.05, 0) is 35.7 Å². The van der Waals surface area contributed by atoms with Crippen molar-refractivity contribution in [1.29, 1.82) is 0 Å². The number of thiophene rings is 1. The molecule has 1 aromatic carbocycles. The van der Waals surface area contributed by atoms with E-state index in [0.717, 1.165) is 18.0 Å². The molecule has 96 valence electrons. The van der Waals surface area contributed by atoms with Crippen LogP contribution in [0.2, 0.25) is 0 Å². The van der Waals surface area contributed by atoms with E-state index in [9.17, 15) is 4.39 Å². The van der Waals surface area contributed by atoms with E-state index in [1.54, 1.807) is 23.1 Å². The molecule has 0 amide bonds. The average Bonchev–Trinajstić information content (AvgIpc) is 2.85. The highest BCUT2D eigenvalue weighted by Crippen LogP contribution is 2.22. The van der Waals surface area contributed by atoms with E-state index in [1.165, 1.54) is 17.0 Å². The summed E-state index contributed by atoms with van der Waals surface area (Å²) in [6, 6.07) is 10.9. The van der Waals surface area contributed by atoms with Crippen molar-refractivity contribution in [1.82, 2.24) is 5.32 Å². The van der Waals surface area contributed by atoms with E-state index < -0.39 is 0 Å². The fourth-order valence-electron chi connectivity index (χ4n) is 1.60. The zero-order valence-electron chi connectivity index (χ0n) is 10.2. The quantitative estimate of drug-likeness (QED) is 0.798. The van der Waals surface area contributed by atoms with Gasteiger partial charge in [-0.25, -0.2) is 4.39 Å². The molecule has 1 unspecified atom stereocenters. The molecule has 1 N–H and O–H groups in total. The largest absolute Gasteiger partial charge is 0.311 e. The lowest BCUT2D eigenvalue weighted by molar-refractivity contribution is 0.626. The van der Waals surface area contributed by atoms with Gasteiger partial charge in [0.15, 0.2) is 0 Å². The van der Waals surface area contributed by atoms with Gasteiger partial charge in [0, 0.05) is 28.1 Å². The van der Waals surface area contributed by atoms with Gasteiger partial charge in [0.2, 0.25) is 0 Å². The zero-order valence-corrected chi connectivity index (χ0v) is 11.9. The summed E-state index contributed by atoms with van der Waals surface area (Å²) in [4.78, 5) is 2.47. The topological polar surface area (TPSA) is 12.0 Å². The zero-order chi connectivity index (χ0) is 12.8. The molecule has 0 bridgehead atoms. The third-order valence-corrected chi connectivity index (χ3v) is 4.45. The molecular formula is C14H16FNS2. The standard InChI is InChI=1S/C14H16FNS2/c1-11(9-16-10-14-3-2-8-17-14)18-13-6-4-12(15)5-7-13/h2-8,11,16H,9-10H2,1H3. The van der Waals surface area contributed by atoms with Crippen LogP contribution in [0.5, 0.6) is 0 Å². The molecule has 0 aliphatic heterocycles. The molecule has 1 nitrogen and oxygen atoms in total. The van der Waals surface area contributed by atoms with Crippen LogP contribution in [0.1, 0.15) is 11.8 Å². The second-order valence-electron chi connectivity index (χ2n) is 4.09. The van der Waals surface area contributed by atoms with Crippen LogP contribution in [0.3, 0.4) is 0 Å². The number of hydrogen-bond acceptors (Lipinski definition) is 3. The minimum atomic E-state index is -0.178. The van der Waals surface area contributed by atoms with Crippen molar-refractivity contribution < 1.29 is 4.39 Å². The summed E-state index contributed by atoms with van der Waals surface area (Å²) < 4.78 is 12.8. The van der Waals surface area contributed by atoms with Gasteiger partial charge in [-0.15, -0.1) is 23.1 Å². The van der Waals surface area contributed by atoms with E-state index in [0.29, 0.717) is 5.25 Å². The van der Waals surface area contributed by atoms with Crippen molar-refractivity contribution in [3.63, 3.8) is 0 Å². The molecule has 18 heavy (non-hydrogen) atoms. The molecule has 0 aliphatic carbocycles. The normalized spacial score (nSPS) is 12.6. The Balaban J connectivity index is 1.71. The SMILES string of the molecule is CC(CNCc1cccs1)Sc1ccc(F)cc1. The van der Waals surface area contributed by atoms with E-state index >= 15 is 0 Å². The number of nitrogens with one attached hydrogen (secondary N) is 1. The molecule has 1 heterocycles. The Morgan fingerprint density at radius 1 is 1.28 bits per heavy atom. The number of halogens is 1. The fraction of sp³-hybridized carbons (Fsp3) is 0.286. The molecule has 0 saturated heterocycles. The summed E-state index contributed by atoms with van der Waals surface area (Å²) in [5.41, 5.74) is 0. The summed E-state index contributed by atoms with van der Waals surface area (Å²) in [6.45, 7) is 4.04. The van der Waals surface area contributed by atoms with Crippen LogP contribution in [-0.2, 0) is 6.54 Å². The number of rotatable bonds is 6. The molecule has 0 spiro atoms. The van der Waals surface area contributed by atoms with Crippen molar-refractivity contribution >= 4 is 23.1 Å². The molecular weight excluding hydrogens is 265 g/mol. The van der Waals surface area contributed by atoms with Gasteiger partial charge in [0.25, 0.3) is 0 Å². The molecule has 0 fully saturated rings. The summed E-state index contributed by atoms with van der Waals surface area (Å²) in [7, 11) is 0. The van der Waals surface area contributed by atoms with E-state index in [2.05, 4.69) is 29.8 Å². The maximum Gasteiger partial charge on any atom is 0.123 e. The van der Waals surface area contributed by atoms with Gasteiger partial charge in [0.05, 0.1) is 0 Å². The lowest BCUT2D eigenvalue weighted by atomic mass is 10.3. The average molecular weight is 281 g/mol. The molecule has 0 aliphatic rings. The van der Waals surface area contributed by atoms with Crippen LogP contribution in [-0.4, -0.2) is 11.8 Å². The van der Waals surface area contributed by atoms with Gasteiger partial charge < -0.3 is 5.32 Å². The monoisotopic (exact) mass is 281 g/mol. The molecule has 2 aromatic rings. The third-order valence-electron chi connectivity index (χ3n) is 2.46. The van der Waals surface area contributed by atoms with E-state index in [-0.39, 0.29) is 5.82 Å². The highest BCUT2D eigenvalue weighted by atomic mass is 32.2. The smallest absolute Gasteiger partial charge is 0.123 e. The van der Waals surface area contributed by atoms with Gasteiger partial charge in [-0.2, -0.15) is 0 Å². The van der Waals surface area contributed by atoms with Gasteiger partial charge in [-0.3, -0.25) is 0 Å². The van der Waals surface area contributed by atoms with Crippen LogP contribution >= 0.6 is 23.1 Å². The second kappa shape index (κ2) is 6.92. The third kappa shape index (κ3) is 4.44. The first-order valence-corrected chi connectivity index (χ1v) is 7.65. The summed E-state index contributed by atoms with van der Waals surface area (Å²) in [6.07, 6.45) is 0. The predicted molar refractivity (Wildman–Crippen MR) is 77.7 cm³/mol. The van der Waals surface area contributed by atoms with Gasteiger partial charge in [0.1, 0.15) is 5.82 Å². The minimum absolute atomic E-state index is 0.178. The second-order valence-corrected chi connectivity index (χ2v) is 6.64. The summed E-state index contributed by atoms with van der Waals surface area (Å²) in [5.74, 6) is -0.178. The van der Waals surface area contributed by atoms with Crippen molar-refractivity contribution in [3.8, 4) is 0 Å². The first-order chi connectivity index (χ1) is 8.74. The summed E-state index contributed by atoms with van der Waals surface area (Å²) >= 11 is 3.53. The number of benzene rings is 1. The Kier molecular flexibility index (Phi) is 5.23. The van der Waals surface area contributed by atoms with Crippen LogP contribution in [0, 0.1) is 5.82 Å². The number of hydrogen-bond donors (Lipinski definition) is 1. The van der Waals surface area contributed by atoms with Crippen molar-refractivity contribution in [2.75, 3.05) is 6.54 Å². The van der Waals surface area contributed by atoms with E-state index in [1.807, 2.05) is 12.1 Å². The van der Waals surface area contributed by atoms with Crippen LogP contribution in [0.4, 0.5) is 4.39 Å². The number of thioether (sulfide) groups is 1. The van der Waals surface area contributed by atoms with Crippen molar-refractivity contribution in [3.05, 3.63) is 52.5 Å². The van der Waals surface area contributed by atoms with E-state index in [4.69, 9.17) is 0 Å². The summed E-state index contributed by atoms with van der Waals surface area (Å²) in [5, 5.41) is 5.99. The Morgan fingerprint density at radius 2 is 2.06 bits per heavy atom. The Labute approximate surface area is 115 Å². The Bertz CT molecular complexity index is 453. The van der Waals surface area contributed by atoms with Crippen molar-refractivity contribution in [2.45, 2.75) is 23.6 Å². The van der Waals surface area contributed by atoms with Crippen LogP contribution in [0.25, 0.3) is 0 Å². The molecule has 4 heteroatoms. The first-order valence-electron chi connectivity index (χ1n) is 5.89. The highest BCUT2D eigenvalue weighted by Gasteiger charge is 2.04. The lowest BCUT2D eigenvalue weighted by Gasteiger charge is -2.11.